The number of hydrogen-bond acceptors (Lipinski definition) is 2. The molecular weight excluding hydrogens is 246 g/mol. The topological polar surface area (TPSA) is 21.3 Å². The van der Waals surface area contributed by atoms with Crippen molar-refractivity contribution >= 4 is 11.6 Å². The fourth-order valence-electron chi connectivity index (χ4n) is 1.73. The van der Waals surface area contributed by atoms with Gasteiger partial charge in [0.05, 0.1) is 11.6 Å². The Morgan fingerprint density at radius 2 is 2.28 bits per heavy atom. The highest BCUT2D eigenvalue weighted by molar-refractivity contribution is 6.32. The summed E-state index contributed by atoms with van der Waals surface area (Å²) in [5.74, 6) is 6.64. The fourth-order valence-corrected chi connectivity index (χ4v) is 1.97. The number of nitrogens with one attached hydrogen (secondary N) is 1. The third-order valence-corrected chi connectivity index (χ3v) is 3.15. The van der Waals surface area contributed by atoms with E-state index in [1.807, 2.05) is 19.1 Å². The molecule has 96 valence electrons. The van der Waals surface area contributed by atoms with E-state index in [0.717, 1.165) is 24.3 Å². The normalized spacial score (nSPS) is 13.9. The molecule has 3 heteroatoms. The van der Waals surface area contributed by atoms with Crippen LogP contribution in [0.1, 0.15) is 31.7 Å². The zero-order chi connectivity index (χ0) is 12.8. The highest BCUT2D eigenvalue weighted by Crippen LogP contribution is 2.29. The average molecular weight is 264 g/mol. The smallest absolute Gasteiger partial charge is 0.142 e. The minimum atomic E-state index is 0.584. The van der Waals surface area contributed by atoms with Crippen LogP contribution in [0, 0.1) is 11.8 Å². The quantitative estimate of drug-likeness (QED) is 0.628. The standard InChI is InChI=1S/C15H18ClNO/c1-2-3-4-10-18-15-12(6-5-7-14(15)16)11-17-13-8-9-13/h5-7,13,17H,4,8-11H2,1H3. The molecular formula is C15H18ClNO. The van der Waals surface area contributed by atoms with E-state index in [1.165, 1.54) is 12.8 Å². The molecule has 0 atom stereocenters. The largest absolute Gasteiger partial charge is 0.491 e. The molecule has 1 aromatic carbocycles. The van der Waals surface area contributed by atoms with Crippen LogP contribution in [0.15, 0.2) is 18.2 Å². The van der Waals surface area contributed by atoms with Crippen molar-refractivity contribution in [3.8, 4) is 17.6 Å². The van der Waals surface area contributed by atoms with Crippen LogP contribution in [-0.2, 0) is 6.54 Å². The van der Waals surface area contributed by atoms with Crippen molar-refractivity contribution in [1.82, 2.24) is 5.32 Å². The second kappa shape index (κ2) is 6.68. The molecule has 18 heavy (non-hydrogen) atoms. The number of benzene rings is 1. The van der Waals surface area contributed by atoms with Gasteiger partial charge in [0.25, 0.3) is 0 Å². The summed E-state index contributed by atoms with van der Waals surface area (Å²) in [6.07, 6.45) is 3.29. The van der Waals surface area contributed by atoms with Crippen molar-refractivity contribution in [2.75, 3.05) is 6.61 Å². The van der Waals surface area contributed by atoms with Crippen LogP contribution in [0.25, 0.3) is 0 Å². The number of halogens is 1. The highest BCUT2D eigenvalue weighted by Gasteiger charge is 2.20. The number of para-hydroxylation sites is 1. The van der Waals surface area contributed by atoms with Crippen LogP contribution in [0.3, 0.4) is 0 Å². The van der Waals surface area contributed by atoms with Crippen LogP contribution < -0.4 is 10.1 Å². The maximum absolute atomic E-state index is 6.18. The Bertz CT molecular complexity index is 457. The number of hydrogen-bond donors (Lipinski definition) is 1. The van der Waals surface area contributed by atoms with Crippen molar-refractivity contribution in [3.05, 3.63) is 28.8 Å². The monoisotopic (exact) mass is 263 g/mol. The summed E-state index contributed by atoms with van der Waals surface area (Å²) in [6.45, 7) is 3.24. The first kappa shape index (κ1) is 13.3. The van der Waals surface area contributed by atoms with Crippen molar-refractivity contribution in [2.45, 2.75) is 38.8 Å². The molecule has 0 unspecified atom stereocenters. The van der Waals surface area contributed by atoms with Crippen LogP contribution >= 0.6 is 11.6 Å². The van der Waals surface area contributed by atoms with Crippen molar-refractivity contribution in [2.24, 2.45) is 0 Å². The lowest BCUT2D eigenvalue weighted by Gasteiger charge is -2.12. The second-order valence-electron chi connectivity index (χ2n) is 4.41. The zero-order valence-electron chi connectivity index (χ0n) is 10.6. The van der Waals surface area contributed by atoms with Gasteiger partial charge in [-0.15, -0.1) is 11.8 Å². The molecule has 2 nitrogen and oxygen atoms in total. The maximum atomic E-state index is 6.18. The summed E-state index contributed by atoms with van der Waals surface area (Å²) in [4.78, 5) is 0. The van der Waals surface area contributed by atoms with Gasteiger partial charge < -0.3 is 10.1 Å². The van der Waals surface area contributed by atoms with E-state index in [2.05, 4.69) is 23.2 Å². The van der Waals surface area contributed by atoms with Gasteiger partial charge in [0.2, 0.25) is 0 Å². The number of rotatable bonds is 6. The minimum absolute atomic E-state index is 0.584. The van der Waals surface area contributed by atoms with Gasteiger partial charge in [-0.05, 0) is 25.8 Å². The van der Waals surface area contributed by atoms with E-state index >= 15 is 0 Å². The summed E-state index contributed by atoms with van der Waals surface area (Å²) < 4.78 is 5.75. The maximum Gasteiger partial charge on any atom is 0.142 e. The van der Waals surface area contributed by atoms with Crippen LogP contribution in [0.5, 0.6) is 5.75 Å². The lowest BCUT2D eigenvalue weighted by atomic mass is 10.2. The third-order valence-electron chi connectivity index (χ3n) is 2.86. The molecule has 2 rings (SSSR count). The fraction of sp³-hybridized carbons (Fsp3) is 0.467. The van der Waals surface area contributed by atoms with Crippen LogP contribution in [-0.4, -0.2) is 12.6 Å². The lowest BCUT2D eigenvalue weighted by molar-refractivity contribution is 0.323. The van der Waals surface area contributed by atoms with E-state index in [1.54, 1.807) is 0 Å². The van der Waals surface area contributed by atoms with Crippen LogP contribution in [0.2, 0.25) is 5.02 Å². The molecule has 1 aromatic rings. The third kappa shape index (κ3) is 3.94. The Labute approximate surface area is 114 Å². The predicted octanol–water partition coefficient (Wildman–Crippen LogP) is 3.38. The molecule has 1 fully saturated rings. The van der Waals surface area contributed by atoms with Crippen molar-refractivity contribution in [3.63, 3.8) is 0 Å². The zero-order valence-corrected chi connectivity index (χ0v) is 11.4. The summed E-state index contributed by atoms with van der Waals surface area (Å²) in [5, 5.41) is 4.15. The molecule has 0 amide bonds. The number of ether oxygens (including phenoxy) is 1. The minimum Gasteiger partial charge on any atom is -0.491 e. The van der Waals surface area contributed by atoms with Gasteiger partial charge in [-0.3, -0.25) is 0 Å². The molecule has 0 radical (unpaired) electrons. The van der Waals surface area contributed by atoms with Gasteiger partial charge >= 0.3 is 0 Å². The Kier molecular flexibility index (Phi) is 4.92. The Morgan fingerprint density at radius 3 is 3.00 bits per heavy atom. The molecule has 1 aliphatic rings. The van der Waals surface area contributed by atoms with E-state index in [4.69, 9.17) is 16.3 Å². The molecule has 0 saturated heterocycles. The van der Waals surface area contributed by atoms with Gasteiger partial charge in [-0.2, -0.15) is 0 Å². The molecule has 1 aliphatic carbocycles. The Morgan fingerprint density at radius 1 is 1.44 bits per heavy atom. The van der Waals surface area contributed by atoms with E-state index in [-0.39, 0.29) is 0 Å². The van der Waals surface area contributed by atoms with Gasteiger partial charge in [0, 0.05) is 24.6 Å². The molecule has 0 aromatic heterocycles. The van der Waals surface area contributed by atoms with E-state index < -0.39 is 0 Å². The first-order chi connectivity index (χ1) is 8.81. The summed E-state index contributed by atoms with van der Waals surface area (Å²) >= 11 is 6.18. The summed E-state index contributed by atoms with van der Waals surface area (Å²) in [7, 11) is 0. The van der Waals surface area contributed by atoms with E-state index in [0.29, 0.717) is 17.7 Å². The lowest BCUT2D eigenvalue weighted by Crippen LogP contribution is -2.16. The first-order valence-corrected chi connectivity index (χ1v) is 6.72. The highest BCUT2D eigenvalue weighted by atomic mass is 35.5. The van der Waals surface area contributed by atoms with Crippen molar-refractivity contribution < 1.29 is 4.74 Å². The second-order valence-corrected chi connectivity index (χ2v) is 4.82. The molecule has 1 N–H and O–H groups in total. The Balaban J connectivity index is 1.96. The van der Waals surface area contributed by atoms with Crippen LogP contribution in [0.4, 0.5) is 0 Å². The molecule has 0 heterocycles. The van der Waals surface area contributed by atoms with Gasteiger partial charge in [-0.25, -0.2) is 0 Å². The van der Waals surface area contributed by atoms with Gasteiger partial charge in [0.15, 0.2) is 0 Å². The van der Waals surface area contributed by atoms with E-state index in [9.17, 15) is 0 Å². The molecule has 0 spiro atoms. The van der Waals surface area contributed by atoms with Gasteiger partial charge in [0.1, 0.15) is 5.75 Å². The molecule has 1 saturated carbocycles. The Hall–Kier alpha value is -1.17. The SMILES string of the molecule is CC#CCCOc1c(Cl)cccc1CNC1CC1. The first-order valence-electron chi connectivity index (χ1n) is 6.34. The predicted molar refractivity (Wildman–Crippen MR) is 74.9 cm³/mol. The molecule has 0 bridgehead atoms. The summed E-state index contributed by atoms with van der Waals surface area (Å²) in [5.41, 5.74) is 1.12. The summed E-state index contributed by atoms with van der Waals surface area (Å²) in [6, 6.07) is 6.57. The molecule has 0 aliphatic heterocycles. The van der Waals surface area contributed by atoms with Gasteiger partial charge in [-0.1, -0.05) is 23.7 Å². The van der Waals surface area contributed by atoms with Crippen molar-refractivity contribution in [1.29, 1.82) is 0 Å². The average Bonchev–Trinajstić information content (AvgIpc) is 3.18.